The predicted molar refractivity (Wildman–Crippen MR) is 84.1 cm³/mol. The average molecular weight is 312 g/mol. The van der Waals surface area contributed by atoms with E-state index in [9.17, 15) is 9.59 Å². The van der Waals surface area contributed by atoms with Crippen molar-refractivity contribution < 1.29 is 9.59 Å². The number of hydrogen-bond donors (Lipinski definition) is 1. The van der Waals surface area contributed by atoms with Crippen LogP contribution in [0, 0.1) is 0 Å². The molecule has 1 N–H and O–H groups in total. The van der Waals surface area contributed by atoms with Crippen LogP contribution in [-0.4, -0.2) is 47.4 Å². The monoisotopic (exact) mass is 312 g/mol. The maximum atomic E-state index is 12.0. The van der Waals surface area contributed by atoms with Crippen LogP contribution in [0.4, 0.5) is 0 Å². The van der Waals surface area contributed by atoms with Gasteiger partial charge in [0.1, 0.15) is 0 Å². The third-order valence-electron chi connectivity index (χ3n) is 3.49. The molecule has 0 aliphatic carbocycles. The lowest BCUT2D eigenvalue weighted by Gasteiger charge is -2.24. The zero-order valence-electron chi connectivity index (χ0n) is 11.8. The van der Waals surface area contributed by atoms with E-state index in [1.165, 1.54) is 16.6 Å². The smallest absolute Gasteiger partial charge is 0.234 e. The molecule has 0 bridgehead atoms. The van der Waals surface area contributed by atoms with Crippen LogP contribution in [0.2, 0.25) is 0 Å². The molecule has 2 atom stereocenters. The van der Waals surface area contributed by atoms with E-state index >= 15 is 0 Å². The molecule has 0 saturated carbocycles. The molecule has 2 heterocycles. The van der Waals surface area contributed by atoms with Gasteiger partial charge in [0.2, 0.25) is 11.0 Å². The zero-order chi connectivity index (χ0) is 14.5. The number of rotatable bonds is 6. The second kappa shape index (κ2) is 7.24. The first-order valence-electron chi connectivity index (χ1n) is 6.75. The maximum Gasteiger partial charge on any atom is 0.234 e. The van der Waals surface area contributed by atoms with Crippen molar-refractivity contribution in [3.05, 3.63) is 22.4 Å². The fraction of sp³-hybridized carbons (Fsp3) is 0.571. The fourth-order valence-corrected chi connectivity index (χ4v) is 3.88. The van der Waals surface area contributed by atoms with Gasteiger partial charge < -0.3 is 5.32 Å². The number of carbonyl (C=O) groups excluding carboxylic acids is 2. The highest BCUT2D eigenvalue weighted by Gasteiger charge is 2.27. The number of thioether (sulfide) groups is 1. The molecule has 1 aliphatic rings. The Morgan fingerprint density at radius 1 is 1.60 bits per heavy atom. The maximum absolute atomic E-state index is 12.0. The quantitative estimate of drug-likeness (QED) is 0.869. The van der Waals surface area contributed by atoms with E-state index in [-0.39, 0.29) is 17.1 Å². The van der Waals surface area contributed by atoms with Crippen LogP contribution in [-0.2, 0) is 16.0 Å². The minimum Gasteiger partial charge on any atom is -0.344 e. The van der Waals surface area contributed by atoms with Crippen LogP contribution >= 0.6 is 23.1 Å². The second-order valence-electron chi connectivity index (χ2n) is 5.12. The number of hydrogen-bond acceptors (Lipinski definition) is 5. The number of nitrogens with one attached hydrogen (secondary N) is 1. The molecule has 6 heteroatoms. The van der Waals surface area contributed by atoms with Crippen LogP contribution < -0.4 is 5.32 Å². The van der Waals surface area contributed by atoms with E-state index in [0.29, 0.717) is 12.6 Å². The summed E-state index contributed by atoms with van der Waals surface area (Å²) >= 11 is 3.05. The topological polar surface area (TPSA) is 49.4 Å². The largest absolute Gasteiger partial charge is 0.344 e. The summed E-state index contributed by atoms with van der Waals surface area (Å²) in [5, 5.41) is 4.98. The lowest BCUT2D eigenvalue weighted by atomic mass is 10.2. The Balaban J connectivity index is 1.76. The van der Waals surface area contributed by atoms with E-state index in [0.717, 1.165) is 18.6 Å². The highest BCUT2D eigenvalue weighted by Crippen LogP contribution is 2.19. The number of likely N-dealkylation sites (N-methyl/N-ethyl adjacent to an activating group) is 1. The SMILES string of the molecule is C[C@H](Cc1cccs1)N(C)CC(=O)N[C@H]1CCSC1=O. The summed E-state index contributed by atoms with van der Waals surface area (Å²) in [6, 6.07) is 4.17. The average Bonchev–Trinajstić information content (AvgIpc) is 3.02. The van der Waals surface area contributed by atoms with Crippen molar-refractivity contribution in [1.29, 1.82) is 0 Å². The van der Waals surface area contributed by atoms with Crippen LogP contribution in [0.25, 0.3) is 0 Å². The standard InChI is InChI=1S/C14H20N2O2S2/c1-10(8-11-4-3-6-19-11)16(2)9-13(17)15-12-5-7-20-14(12)18/h3-4,6,10,12H,5,7-9H2,1-2H3,(H,15,17)/t10-,12+/m1/s1. The van der Waals surface area contributed by atoms with Gasteiger partial charge >= 0.3 is 0 Å². The fourth-order valence-electron chi connectivity index (χ4n) is 2.12. The molecule has 1 saturated heterocycles. The van der Waals surface area contributed by atoms with E-state index in [4.69, 9.17) is 0 Å². The molecule has 1 aromatic rings. The van der Waals surface area contributed by atoms with Gasteiger partial charge in [-0.15, -0.1) is 11.3 Å². The van der Waals surface area contributed by atoms with Gasteiger partial charge in [-0.25, -0.2) is 0 Å². The Morgan fingerprint density at radius 3 is 3.00 bits per heavy atom. The second-order valence-corrected chi connectivity index (χ2v) is 7.26. The van der Waals surface area contributed by atoms with Gasteiger partial charge in [-0.05, 0) is 38.3 Å². The summed E-state index contributed by atoms with van der Waals surface area (Å²) in [5.41, 5.74) is 0. The molecule has 0 aromatic carbocycles. The molecule has 0 unspecified atom stereocenters. The third kappa shape index (κ3) is 4.33. The molecule has 2 rings (SSSR count). The summed E-state index contributed by atoms with van der Waals surface area (Å²) in [5.74, 6) is 0.750. The van der Waals surface area contributed by atoms with E-state index in [1.807, 2.05) is 18.0 Å². The van der Waals surface area contributed by atoms with Crippen molar-refractivity contribution >= 4 is 34.1 Å². The van der Waals surface area contributed by atoms with Gasteiger partial charge in [0.15, 0.2) is 0 Å². The van der Waals surface area contributed by atoms with Gasteiger partial charge in [0.25, 0.3) is 0 Å². The minimum absolute atomic E-state index is 0.0635. The van der Waals surface area contributed by atoms with Crippen molar-refractivity contribution in [3.8, 4) is 0 Å². The van der Waals surface area contributed by atoms with Gasteiger partial charge in [0, 0.05) is 16.7 Å². The Hall–Kier alpha value is -0.850. The van der Waals surface area contributed by atoms with Gasteiger partial charge in [0.05, 0.1) is 12.6 Å². The lowest BCUT2D eigenvalue weighted by molar-refractivity contribution is -0.125. The molecular formula is C14H20N2O2S2. The predicted octanol–water partition coefficient (Wildman–Crippen LogP) is 1.76. The molecule has 1 aliphatic heterocycles. The Kier molecular flexibility index (Phi) is 5.63. The van der Waals surface area contributed by atoms with Crippen LogP contribution in [0.5, 0.6) is 0 Å². The first kappa shape index (κ1) is 15.5. The third-order valence-corrected chi connectivity index (χ3v) is 5.40. The van der Waals surface area contributed by atoms with Crippen molar-refractivity contribution in [2.45, 2.75) is 31.8 Å². The molecular weight excluding hydrogens is 292 g/mol. The van der Waals surface area contributed by atoms with Gasteiger partial charge in [-0.1, -0.05) is 17.8 Å². The van der Waals surface area contributed by atoms with Crippen molar-refractivity contribution in [1.82, 2.24) is 10.2 Å². The van der Waals surface area contributed by atoms with Gasteiger partial charge in [-0.2, -0.15) is 0 Å². The van der Waals surface area contributed by atoms with Crippen molar-refractivity contribution in [2.75, 3.05) is 19.3 Å². The van der Waals surface area contributed by atoms with Crippen LogP contribution in [0.1, 0.15) is 18.2 Å². The van der Waals surface area contributed by atoms with Crippen LogP contribution in [0.3, 0.4) is 0 Å². The molecule has 1 amide bonds. The first-order chi connectivity index (χ1) is 9.56. The number of thiophene rings is 1. The van der Waals surface area contributed by atoms with Crippen molar-refractivity contribution in [3.63, 3.8) is 0 Å². The summed E-state index contributed by atoms with van der Waals surface area (Å²) in [4.78, 5) is 26.8. The molecule has 4 nitrogen and oxygen atoms in total. The van der Waals surface area contributed by atoms with E-state index in [2.05, 4.69) is 23.7 Å². The summed E-state index contributed by atoms with van der Waals surface area (Å²) in [6.07, 6.45) is 1.70. The van der Waals surface area contributed by atoms with E-state index < -0.39 is 0 Å². The lowest BCUT2D eigenvalue weighted by Crippen LogP contribution is -2.44. The Bertz CT molecular complexity index is 462. The molecule has 110 valence electrons. The Labute approximate surface area is 127 Å². The van der Waals surface area contributed by atoms with Gasteiger partial charge in [-0.3, -0.25) is 14.5 Å². The molecule has 1 fully saturated rings. The summed E-state index contributed by atoms with van der Waals surface area (Å²) in [6.45, 7) is 2.45. The highest BCUT2D eigenvalue weighted by molar-refractivity contribution is 8.14. The van der Waals surface area contributed by atoms with E-state index in [1.54, 1.807) is 11.3 Å². The number of nitrogens with zero attached hydrogens (tertiary/aromatic N) is 1. The molecule has 0 radical (unpaired) electrons. The zero-order valence-corrected chi connectivity index (χ0v) is 13.4. The minimum atomic E-state index is -0.284. The molecule has 0 spiro atoms. The number of carbonyl (C=O) groups is 2. The molecule has 20 heavy (non-hydrogen) atoms. The van der Waals surface area contributed by atoms with Crippen LogP contribution in [0.15, 0.2) is 17.5 Å². The normalized spacial score (nSPS) is 20.4. The summed E-state index contributed by atoms with van der Waals surface area (Å²) in [7, 11) is 1.95. The summed E-state index contributed by atoms with van der Waals surface area (Å²) < 4.78 is 0. The van der Waals surface area contributed by atoms with Crippen molar-refractivity contribution in [2.24, 2.45) is 0 Å². The first-order valence-corrected chi connectivity index (χ1v) is 8.61. The number of amides is 1. The Morgan fingerprint density at radius 2 is 2.40 bits per heavy atom. The molecule has 1 aromatic heterocycles. The highest BCUT2D eigenvalue weighted by atomic mass is 32.2.